The fourth-order valence-electron chi connectivity index (χ4n) is 3.51. The molecular weight excluding hydrogens is 270 g/mol. The normalized spacial score (nSPS) is 26.3. The summed E-state index contributed by atoms with van der Waals surface area (Å²) in [6.07, 6.45) is 12.0. The van der Waals surface area contributed by atoms with Crippen LogP contribution < -0.4 is 4.90 Å². The first kappa shape index (κ1) is 17.2. The predicted octanol–water partition coefficient (Wildman–Crippen LogP) is 5.03. The third kappa shape index (κ3) is 4.44. The van der Waals surface area contributed by atoms with Crippen LogP contribution in [0.25, 0.3) is 0 Å². The van der Waals surface area contributed by atoms with Crippen LogP contribution in [-0.2, 0) is 0 Å². The van der Waals surface area contributed by atoms with Crippen molar-refractivity contribution in [1.82, 2.24) is 9.97 Å². The van der Waals surface area contributed by atoms with Crippen molar-refractivity contribution in [2.75, 3.05) is 18.0 Å². The maximum atomic E-state index is 4.64. The molecule has 124 valence electrons. The molecule has 0 unspecified atom stereocenters. The fraction of sp³-hybridized carbons (Fsp3) is 0.789. The standard InChI is InChI=1S/C17H27N3.C2H6/c1-13-3-5-15(6-4-13)16-11-18-17(19-12-16)20-9-7-14(2)8-10-20;1-2/h11-15H,3-10H2,1-2H3;1-2H3. The molecule has 3 heteroatoms. The molecule has 2 aliphatic rings. The van der Waals surface area contributed by atoms with Crippen LogP contribution in [0.15, 0.2) is 12.4 Å². The van der Waals surface area contributed by atoms with Gasteiger partial charge in [0.25, 0.3) is 0 Å². The van der Waals surface area contributed by atoms with E-state index in [9.17, 15) is 0 Å². The van der Waals surface area contributed by atoms with Crippen molar-refractivity contribution in [3.8, 4) is 0 Å². The molecule has 0 atom stereocenters. The van der Waals surface area contributed by atoms with E-state index in [1.54, 1.807) is 0 Å². The maximum absolute atomic E-state index is 4.64. The number of nitrogens with zero attached hydrogens (tertiary/aromatic N) is 3. The second kappa shape index (κ2) is 8.50. The largest absolute Gasteiger partial charge is 0.341 e. The van der Waals surface area contributed by atoms with Crippen LogP contribution in [0.1, 0.15) is 77.7 Å². The van der Waals surface area contributed by atoms with Crippen molar-refractivity contribution in [1.29, 1.82) is 0 Å². The van der Waals surface area contributed by atoms with Gasteiger partial charge in [0.05, 0.1) is 0 Å². The monoisotopic (exact) mass is 303 g/mol. The molecule has 3 nitrogen and oxygen atoms in total. The molecule has 0 radical (unpaired) electrons. The number of aromatic nitrogens is 2. The third-order valence-electron chi connectivity index (χ3n) is 5.21. The Hall–Kier alpha value is -1.12. The molecule has 0 spiro atoms. The van der Waals surface area contributed by atoms with Crippen LogP contribution in [0, 0.1) is 11.8 Å². The highest BCUT2D eigenvalue weighted by Gasteiger charge is 2.21. The van der Waals surface area contributed by atoms with Crippen molar-refractivity contribution in [3.63, 3.8) is 0 Å². The van der Waals surface area contributed by atoms with Gasteiger partial charge in [-0.2, -0.15) is 0 Å². The molecule has 1 aliphatic carbocycles. The van der Waals surface area contributed by atoms with Crippen molar-refractivity contribution in [2.45, 2.75) is 72.1 Å². The minimum atomic E-state index is 0.696. The second-order valence-corrected chi connectivity index (χ2v) is 6.94. The molecule has 1 aliphatic heterocycles. The van der Waals surface area contributed by atoms with Gasteiger partial charge in [0.15, 0.2) is 0 Å². The molecular formula is C19H33N3. The Bertz CT molecular complexity index is 372. The zero-order valence-electron chi connectivity index (χ0n) is 14.9. The Morgan fingerprint density at radius 3 is 1.86 bits per heavy atom. The molecule has 0 aromatic carbocycles. The number of rotatable bonds is 2. The van der Waals surface area contributed by atoms with Gasteiger partial charge in [0.1, 0.15) is 0 Å². The molecule has 22 heavy (non-hydrogen) atoms. The molecule has 1 aromatic heterocycles. The quantitative estimate of drug-likeness (QED) is 0.767. The van der Waals surface area contributed by atoms with Crippen LogP contribution in [0.5, 0.6) is 0 Å². The van der Waals surface area contributed by atoms with Gasteiger partial charge in [-0.15, -0.1) is 0 Å². The highest BCUT2D eigenvalue weighted by Crippen LogP contribution is 2.35. The van der Waals surface area contributed by atoms with Crippen LogP contribution >= 0.6 is 0 Å². The lowest BCUT2D eigenvalue weighted by Gasteiger charge is -2.30. The maximum Gasteiger partial charge on any atom is 0.225 e. The molecule has 1 aromatic rings. The third-order valence-corrected chi connectivity index (χ3v) is 5.21. The molecule has 0 N–H and O–H groups in total. The first-order chi connectivity index (χ1) is 10.7. The molecule has 3 rings (SSSR count). The first-order valence-electron chi connectivity index (χ1n) is 9.29. The Kier molecular flexibility index (Phi) is 6.66. The smallest absolute Gasteiger partial charge is 0.225 e. The Morgan fingerprint density at radius 2 is 1.32 bits per heavy atom. The van der Waals surface area contributed by atoms with Crippen LogP contribution in [0.2, 0.25) is 0 Å². The Morgan fingerprint density at radius 1 is 0.818 bits per heavy atom. The van der Waals surface area contributed by atoms with E-state index in [2.05, 4.69) is 41.1 Å². The van der Waals surface area contributed by atoms with Crippen LogP contribution in [0.3, 0.4) is 0 Å². The van der Waals surface area contributed by atoms with Gasteiger partial charge in [-0.3, -0.25) is 0 Å². The van der Waals surface area contributed by atoms with Crippen molar-refractivity contribution >= 4 is 5.95 Å². The summed E-state index contributed by atoms with van der Waals surface area (Å²) in [7, 11) is 0. The average Bonchev–Trinajstić information content (AvgIpc) is 2.58. The van der Waals surface area contributed by atoms with Crippen LogP contribution in [0.4, 0.5) is 5.95 Å². The van der Waals surface area contributed by atoms with Crippen molar-refractivity contribution in [2.24, 2.45) is 11.8 Å². The van der Waals surface area contributed by atoms with E-state index < -0.39 is 0 Å². The van der Waals surface area contributed by atoms with Gasteiger partial charge in [0, 0.05) is 25.5 Å². The van der Waals surface area contributed by atoms with E-state index in [0.717, 1.165) is 30.9 Å². The summed E-state index contributed by atoms with van der Waals surface area (Å²) in [5, 5.41) is 0. The van der Waals surface area contributed by atoms with Gasteiger partial charge < -0.3 is 4.90 Å². The topological polar surface area (TPSA) is 29.0 Å². The van der Waals surface area contributed by atoms with Crippen molar-refractivity contribution in [3.05, 3.63) is 18.0 Å². The Balaban J connectivity index is 0.000000847. The summed E-state index contributed by atoms with van der Waals surface area (Å²) in [5.41, 5.74) is 1.35. The summed E-state index contributed by atoms with van der Waals surface area (Å²) in [6, 6.07) is 0. The zero-order chi connectivity index (χ0) is 15.9. The summed E-state index contributed by atoms with van der Waals surface area (Å²) >= 11 is 0. The average molecular weight is 303 g/mol. The molecule has 1 saturated heterocycles. The number of hydrogen-bond acceptors (Lipinski definition) is 3. The van der Waals surface area contributed by atoms with Crippen LogP contribution in [-0.4, -0.2) is 23.1 Å². The highest BCUT2D eigenvalue weighted by atomic mass is 15.2. The highest BCUT2D eigenvalue weighted by molar-refractivity contribution is 5.31. The molecule has 2 heterocycles. The molecule has 2 fully saturated rings. The number of anilines is 1. The first-order valence-corrected chi connectivity index (χ1v) is 9.29. The summed E-state index contributed by atoms with van der Waals surface area (Å²) in [6.45, 7) is 10.9. The van der Waals surface area contributed by atoms with Gasteiger partial charge in [-0.25, -0.2) is 9.97 Å². The second-order valence-electron chi connectivity index (χ2n) is 6.94. The Labute approximate surface area is 136 Å². The van der Waals surface area contributed by atoms with Gasteiger partial charge >= 0.3 is 0 Å². The van der Waals surface area contributed by atoms with E-state index >= 15 is 0 Å². The minimum Gasteiger partial charge on any atom is -0.341 e. The number of piperidine rings is 1. The van der Waals surface area contributed by atoms with E-state index in [1.165, 1.54) is 44.1 Å². The zero-order valence-corrected chi connectivity index (χ0v) is 14.9. The van der Waals surface area contributed by atoms with E-state index in [4.69, 9.17) is 0 Å². The molecule has 0 bridgehead atoms. The predicted molar refractivity (Wildman–Crippen MR) is 94.4 cm³/mol. The van der Waals surface area contributed by atoms with Crippen molar-refractivity contribution < 1.29 is 0 Å². The fourth-order valence-corrected chi connectivity index (χ4v) is 3.51. The van der Waals surface area contributed by atoms with Gasteiger partial charge in [-0.1, -0.05) is 40.5 Å². The molecule has 1 saturated carbocycles. The van der Waals surface area contributed by atoms with E-state index in [0.29, 0.717) is 5.92 Å². The lowest BCUT2D eigenvalue weighted by Crippen LogP contribution is -2.34. The lowest BCUT2D eigenvalue weighted by atomic mass is 9.80. The summed E-state index contributed by atoms with van der Waals surface area (Å²) < 4.78 is 0. The van der Waals surface area contributed by atoms with Gasteiger partial charge in [0.2, 0.25) is 5.95 Å². The lowest BCUT2D eigenvalue weighted by molar-refractivity contribution is 0.347. The molecule has 0 amide bonds. The minimum absolute atomic E-state index is 0.696. The van der Waals surface area contributed by atoms with Gasteiger partial charge in [-0.05, 0) is 49.0 Å². The SMILES string of the molecule is CC.CC1CCC(c2cnc(N3CCC(C)CC3)nc2)CC1. The van der Waals surface area contributed by atoms with E-state index in [-0.39, 0.29) is 0 Å². The number of hydrogen-bond donors (Lipinski definition) is 0. The summed E-state index contributed by atoms with van der Waals surface area (Å²) in [5.74, 6) is 3.39. The summed E-state index contributed by atoms with van der Waals surface area (Å²) in [4.78, 5) is 11.6. The van der Waals surface area contributed by atoms with E-state index in [1.807, 2.05) is 13.8 Å².